The molecule has 0 radical (unpaired) electrons. The van der Waals surface area contributed by atoms with Gasteiger partial charge in [-0.2, -0.15) is 0 Å². The average molecular weight is 272 g/mol. The van der Waals surface area contributed by atoms with Crippen LogP contribution in [0.4, 0.5) is 4.79 Å². The third kappa shape index (κ3) is 2.47. The molecule has 0 spiro atoms. The second kappa shape index (κ2) is 4.24. The van der Waals surface area contributed by atoms with Crippen LogP contribution in [0.15, 0.2) is 0 Å². The van der Waals surface area contributed by atoms with E-state index in [1.54, 1.807) is 4.57 Å². The molecule has 1 aliphatic rings. The molecule has 0 aromatic heterocycles. The highest BCUT2D eigenvalue weighted by atomic mass is 28.3. The van der Waals surface area contributed by atoms with Crippen molar-refractivity contribution in [3.8, 4) is 0 Å². The predicted octanol–water partition coefficient (Wildman–Crippen LogP) is 2.70. The second-order valence-corrected chi connectivity index (χ2v) is 16.2. The standard InChI is InChI=1S/C11H24N2O2Si2/c1-8-9-10(14)13(17(5,6)7)11(15)12(9)16(2,3)4/h9H,8H2,1-7H3. The summed E-state index contributed by atoms with van der Waals surface area (Å²) in [5.74, 6) is 0.0269. The first kappa shape index (κ1) is 14.4. The number of urea groups is 1. The number of nitrogens with zero attached hydrogens (tertiary/aromatic N) is 2. The van der Waals surface area contributed by atoms with Gasteiger partial charge in [-0.1, -0.05) is 46.2 Å². The van der Waals surface area contributed by atoms with E-state index in [1.807, 2.05) is 31.1 Å². The molecule has 1 rings (SSSR count). The maximum atomic E-state index is 12.5. The van der Waals surface area contributed by atoms with Crippen molar-refractivity contribution in [1.82, 2.24) is 9.13 Å². The number of imide groups is 1. The summed E-state index contributed by atoms with van der Waals surface area (Å²) in [5, 5.41) is 0. The molecule has 1 atom stereocenters. The summed E-state index contributed by atoms with van der Waals surface area (Å²) in [6.45, 7) is 14.5. The van der Waals surface area contributed by atoms with Gasteiger partial charge in [0, 0.05) is 0 Å². The lowest BCUT2D eigenvalue weighted by molar-refractivity contribution is -0.125. The average Bonchev–Trinajstić information content (AvgIpc) is 2.34. The Kier molecular flexibility index (Phi) is 3.60. The summed E-state index contributed by atoms with van der Waals surface area (Å²) in [7, 11) is -3.70. The topological polar surface area (TPSA) is 40.6 Å². The van der Waals surface area contributed by atoms with Crippen molar-refractivity contribution < 1.29 is 9.59 Å². The second-order valence-electron chi connectivity index (χ2n) is 6.59. The number of amides is 3. The molecular formula is C11H24N2O2Si2. The third-order valence-corrected chi connectivity index (χ3v) is 6.70. The molecule has 0 bridgehead atoms. The quantitative estimate of drug-likeness (QED) is 0.585. The van der Waals surface area contributed by atoms with E-state index in [0.29, 0.717) is 0 Å². The Morgan fingerprint density at radius 3 is 1.71 bits per heavy atom. The van der Waals surface area contributed by atoms with E-state index >= 15 is 0 Å². The van der Waals surface area contributed by atoms with Gasteiger partial charge >= 0.3 is 6.03 Å². The van der Waals surface area contributed by atoms with Gasteiger partial charge in [-0.15, -0.1) is 0 Å². The van der Waals surface area contributed by atoms with E-state index in [4.69, 9.17) is 0 Å². The summed E-state index contributed by atoms with van der Waals surface area (Å²) < 4.78 is 3.45. The summed E-state index contributed by atoms with van der Waals surface area (Å²) in [6.07, 6.45) is 0.718. The summed E-state index contributed by atoms with van der Waals surface area (Å²) in [4.78, 5) is 24.9. The summed E-state index contributed by atoms with van der Waals surface area (Å²) in [5.41, 5.74) is 0. The molecule has 1 aliphatic heterocycles. The number of carbonyl (C=O) groups excluding carboxylic acids is 2. The lowest BCUT2D eigenvalue weighted by Gasteiger charge is -2.34. The monoisotopic (exact) mass is 272 g/mol. The Bertz CT molecular complexity index is 344. The van der Waals surface area contributed by atoms with E-state index in [-0.39, 0.29) is 18.0 Å². The minimum atomic E-state index is -1.91. The van der Waals surface area contributed by atoms with Gasteiger partial charge in [-0.25, -0.2) is 4.79 Å². The maximum Gasteiger partial charge on any atom is 0.311 e. The van der Waals surface area contributed by atoms with Gasteiger partial charge in [0.15, 0.2) is 16.5 Å². The molecule has 0 N–H and O–H groups in total. The largest absolute Gasteiger partial charge is 0.341 e. The van der Waals surface area contributed by atoms with Crippen LogP contribution in [0, 0.1) is 0 Å². The molecule has 98 valence electrons. The van der Waals surface area contributed by atoms with Gasteiger partial charge in [0.25, 0.3) is 0 Å². The summed E-state index contributed by atoms with van der Waals surface area (Å²) >= 11 is 0. The number of rotatable bonds is 3. The van der Waals surface area contributed by atoms with Crippen molar-refractivity contribution in [1.29, 1.82) is 0 Å². The van der Waals surface area contributed by atoms with Gasteiger partial charge < -0.3 is 4.57 Å². The number of carbonyl (C=O) groups is 2. The smallest absolute Gasteiger partial charge is 0.311 e. The van der Waals surface area contributed by atoms with Crippen LogP contribution < -0.4 is 0 Å². The lowest BCUT2D eigenvalue weighted by atomic mass is 10.2. The van der Waals surface area contributed by atoms with Crippen LogP contribution in [0.25, 0.3) is 0 Å². The fourth-order valence-corrected chi connectivity index (χ4v) is 5.82. The molecule has 3 amide bonds. The minimum absolute atomic E-state index is 0.0269. The van der Waals surface area contributed by atoms with Crippen LogP contribution in [0.1, 0.15) is 13.3 Å². The molecule has 1 unspecified atom stereocenters. The highest BCUT2D eigenvalue weighted by Crippen LogP contribution is 2.30. The van der Waals surface area contributed by atoms with Gasteiger partial charge in [-0.05, 0) is 6.42 Å². The fourth-order valence-electron chi connectivity index (χ4n) is 2.32. The molecule has 1 fully saturated rings. The molecule has 17 heavy (non-hydrogen) atoms. The first-order valence-corrected chi connectivity index (χ1v) is 13.1. The Balaban J connectivity index is 3.20. The highest BCUT2D eigenvalue weighted by molar-refractivity contribution is 6.81. The fraction of sp³-hybridized carbons (Fsp3) is 0.818. The first-order valence-electron chi connectivity index (χ1n) is 6.19. The van der Waals surface area contributed by atoms with Crippen LogP contribution in [-0.2, 0) is 4.79 Å². The van der Waals surface area contributed by atoms with Crippen molar-refractivity contribution in [3.05, 3.63) is 0 Å². The Labute approximate surface area is 106 Å². The van der Waals surface area contributed by atoms with Gasteiger partial charge in [0.1, 0.15) is 6.04 Å². The molecule has 6 heteroatoms. The highest BCUT2D eigenvalue weighted by Gasteiger charge is 2.52. The molecule has 0 aromatic rings. The van der Waals surface area contributed by atoms with Crippen LogP contribution >= 0.6 is 0 Å². The Hall–Kier alpha value is -0.626. The SMILES string of the molecule is CCC1C(=O)N([Si](C)(C)C)C(=O)N1[Si](C)(C)C. The Morgan fingerprint density at radius 1 is 1.00 bits per heavy atom. The maximum absolute atomic E-state index is 12.5. The molecular weight excluding hydrogens is 248 g/mol. The molecule has 0 aromatic carbocycles. The van der Waals surface area contributed by atoms with Crippen molar-refractivity contribution >= 4 is 28.4 Å². The van der Waals surface area contributed by atoms with Crippen molar-refractivity contribution in [2.75, 3.05) is 0 Å². The lowest BCUT2D eigenvalue weighted by Crippen LogP contribution is -2.54. The number of hydrogen-bond donors (Lipinski definition) is 0. The van der Waals surface area contributed by atoms with E-state index < -0.39 is 16.5 Å². The normalized spacial score (nSPS) is 22.6. The van der Waals surface area contributed by atoms with Gasteiger partial charge in [0.2, 0.25) is 5.91 Å². The van der Waals surface area contributed by atoms with E-state index in [9.17, 15) is 9.59 Å². The zero-order valence-electron chi connectivity index (χ0n) is 12.0. The molecule has 0 saturated carbocycles. The molecule has 1 saturated heterocycles. The zero-order chi connectivity index (χ0) is 13.6. The minimum Gasteiger partial charge on any atom is -0.341 e. The zero-order valence-corrected chi connectivity index (χ0v) is 14.0. The van der Waals surface area contributed by atoms with Crippen molar-refractivity contribution in [2.45, 2.75) is 58.7 Å². The van der Waals surface area contributed by atoms with Crippen LogP contribution in [-0.4, -0.2) is 43.6 Å². The summed E-state index contributed by atoms with van der Waals surface area (Å²) in [6, 6.07) is -0.263. The third-order valence-electron chi connectivity index (χ3n) is 2.99. The van der Waals surface area contributed by atoms with Gasteiger partial charge in [0.05, 0.1) is 0 Å². The Morgan fingerprint density at radius 2 is 1.47 bits per heavy atom. The molecule has 4 nitrogen and oxygen atoms in total. The molecule has 0 aliphatic carbocycles. The van der Waals surface area contributed by atoms with E-state index in [1.165, 1.54) is 0 Å². The van der Waals surface area contributed by atoms with Crippen LogP contribution in [0.3, 0.4) is 0 Å². The van der Waals surface area contributed by atoms with Gasteiger partial charge in [-0.3, -0.25) is 9.36 Å². The van der Waals surface area contributed by atoms with Crippen molar-refractivity contribution in [3.63, 3.8) is 0 Å². The number of hydrogen-bond acceptors (Lipinski definition) is 2. The molecule has 1 heterocycles. The predicted molar refractivity (Wildman–Crippen MR) is 74.9 cm³/mol. The van der Waals surface area contributed by atoms with Crippen LogP contribution in [0.2, 0.25) is 39.3 Å². The van der Waals surface area contributed by atoms with E-state index in [0.717, 1.165) is 6.42 Å². The first-order chi connectivity index (χ1) is 7.51. The van der Waals surface area contributed by atoms with Crippen LogP contribution in [0.5, 0.6) is 0 Å². The van der Waals surface area contributed by atoms with Crippen molar-refractivity contribution in [2.24, 2.45) is 0 Å². The van der Waals surface area contributed by atoms with E-state index in [2.05, 4.69) is 19.6 Å².